The molecule has 0 atom stereocenters. The Labute approximate surface area is 215 Å². The molecule has 6 aromatic rings. The Kier molecular flexibility index (Phi) is 5.22. The van der Waals surface area contributed by atoms with Crippen LogP contribution in [0.4, 0.5) is 8.78 Å². The topological polar surface area (TPSA) is 99.3 Å². The van der Waals surface area contributed by atoms with Crippen molar-refractivity contribution in [1.29, 1.82) is 0 Å². The van der Waals surface area contributed by atoms with Gasteiger partial charge in [-0.05, 0) is 35.9 Å². The van der Waals surface area contributed by atoms with Crippen molar-refractivity contribution in [2.45, 2.75) is 18.9 Å². The highest BCUT2D eigenvalue weighted by Gasteiger charge is 2.37. The van der Waals surface area contributed by atoms with Crippen LogP contribution in [0.25, 0.3) is 56.0 Å². The molecule has 0 bridgehead atoms. The number of fused-ring (bicyclic) bond motifs is 2. The van der Waals surface area contributed by atoms with Gasteiger partial charge in [-0.3, -0.25) is 20.0 Å². The number of aromatic nitrogens is 7. The van der Waals surface area contributed by atoms with Gasteiger partial charge in [0.2, 0.25) is 0 Å². The SMILES string of the molecule is FC1(F)CCN(Cc2cncc(-c3cnc4[nH]nc(-c5nc6c(-c7ccccn7)cccc6[nH]5)c4c3)c2)C1. The number of pyridine rings is 3. The van der Waals surface area contributed by atoms with Crippen molar-refractivity contribution in [3.05, 3.63) is 78.9 Å². The average molecular weight is 509 g/mol. The maximum Gasteiger partial charge on any atom is 0.261 e. The fourth-order valence-corrected chi connectivity index (χ4v) is 5.05. The summed E-state index contributed by atoms with van der Waals surface area (Å²) in [6.07, 6.45) is 6.90. The van der Waals surface area contributed by atoms with E-state index in [2.05, 4.69) is 30.1 Å². The van der Waals surface area contributed by atoms with Crippen LogP contribution in [-0.4, -0.2) is 59.0 Å². The maximum atomic E-state index is 13.6. The highest BCUT2D eigenvalue weighted by Crippen LogP contribution is 2.32. The summed E-state index contributed by atoms with van der Waals surface area (Å²) in [6, 6.07) is 15.7. The molecule has 0 spiro atoms. The number of aromatic amines is 2. The average Bonchev–Trinajstić information content (AvgIpc) is 3.64. The highest BCUT2D eigenvalue weighted by molar-refractivity contribution is 5.96. The minimum absolute atomic E-state index is 0.102. The van der Waals surface area contributed by atoms with E-state index in [1.165, 1.54) is 0 Å². The van der Waals surface area contributed by atoms with Crippen LogP contribution in [0, 0.1) is 0 Å². The first-order valence-electron chi connectivity index (χ1n) is 12.3. The number of benzene rings is 1. The standard InChI is InChI=1S/C28H22F2N8/c29-28(30)7-9-38(16-28)15-17-10-18(13-31-12-17)19-11-21-25(36-37-26(21)33-14-19)27-34-23-6-3-4-20(24(23)35-27)22-5-1-2-8-32-22/h1-6,8,10-14H,7,9,15-16H2,(H,34,35)(H,33,36,37). The van der Waals surface area contributed by atoms with Crippen molar-refractivity contribution >= 4 is 22.1 Å². The number of nitrogens with zero attached hydrogens (tertiary/aromatic N) is 6. The molecule has 1 fully saturated rings. The molecule has 8 nitrogen and oxygen atoms in total. The molecule has 1 aromatic carbocycles. The zero-order chi connectivity index (χ0) is 25.7. The predicted octanol–water partition coefficient (Wildman–Crippen LogP) is 5.47. The first kappa shape index (κ1) is 22.6. The fraction of sp³-hybridized carbons (Fsp3) is 0.179. The fourth-order valence-electron chi connectivity index (χ4n) is 5.05. The van der Waals surface area contributed by atoms with Crippen molar-refractivity contribution in [3.63, 3.8) is 0 Å². The summed E-state index contributed by atoms with van der Waals surface area (Å²) in [5.74, 6) is -2.00. The van der Waals surface area contributed by atoms with E-state index in [1.54, 1.807) is 29.7 Å². The zero-order valence-corrected chi connectivity index (χ0v) is 20.2. The van der Waals surface area contributed by atoms with E-state index in [-0.39, 0.29) is 13.0 Å². The minimum atomic E-state index is -2.62. The lowest BCUT2D eigenvalue weighted by Gasteiger charge is -2.15. The monoisotopic (exact) mass is 508 g/mol. The Morgan fingerprint density at radius 3 is 2.74 bits per heavy atom. The van der Waals surface area contributed by atoms with Gasteiger partial charge >= 0.3 is 0 Å². The molecule has 6 heterocycles. The Balaban J connectivity index is 1.24. The number of para-hydroxylation sites is 1. The summed E-state index contributed by atoms with van der Waals surface area (Å²) >= 11 is 0. The number of hydrogen-bond donors (Lipinski definition) is 2. The maximum absolute atomic E-state index is 13.6. The second-order valence-corrected chi connectivity index (χ2v) is 9.59. The van der Waals surface area contributed by atoms with Crippen LogP contribution in [0.2, 0.25) is 0 Å². The van der Waals surface area contributed by atoms with E-state index in [1.807, 2.05) is 48.5 Å². The van der Waals surface area contributed by atoms with Crippen LogP contribution in [0.5, 0.6) is 0 Å². The summed E-state index contributed by atoms with van der Waals surface area (Å²) < 4.78 is 27.3. The highest BCUT2D eigenvalue weighted by atomic mass is 19.3. The van der Waals surface area contributed by atoms with E-state index in [4.69, 9.17) is 4.98 Å². The molecule has 0 unspecified atom stereocenters. The number of halogens is 2. The van der Waals surface area contributed by atoms with E-state index < -0.39 is 5.92 Å². The van der Waals surface area contributed by atoms with Crippen LogP contribution in [0.3, 0.4) is 0 Å². The molecule has 0 saturated carbocycles. The molecule has 38 heavy (non-hydrogen) atoms. The van der Waals surface area contributed by atoms with Crippen LogP contribution in [0.15, 0.2) is 73.3 Å². The molecule has 5 aromatic heterocycles. The normalized spacial score (nSPS) is 15.5. The number of alkyl halides is 2. The van der Waals surface area contributed by atoms with Gasteiger partial charge in [0.15, 0.2) is 11.5 Å². The number of likely N-dealkylation sites (tertiary alicyclic amines) is 1. The molecule has 0 amide bonds. The smallest absolute Gasteiger partial charge is 0.261 e. The summed E-state index contributed by atoms with van der Waals surface area (Å²) in [6.45, 7) is 0.589. The third-order valence-electron chi connectivity index (χ3n) is 6.88. The summed E-state index contributed by atoms with van der Waals surface area (Å²) in [5.41, 5.74) is 7.35. The van der Waals surface area contributed by atoms with Gasteiger partial charge in [-0.1, -0.05) is 18.2 Å². The Bertz CT molecular complexity index is 1780. The van der Waals surface area contributed by atoms with Crippen LogP contribution in [0.1, 0.15) is 12.0 Å². The number of hydrogen-bond acceptors (Lipinski definition) is 6. The quantitative estimate of drug-likeness (QED) is 0.321. The van der Waals surface area contributed by atoms with Gasteiger partial charge < -0.3 is 4.98 Å². The third kappa shape index (κ3) is 4.08. The van der Waals surface area contributed by atoms with Crippen LogP contribution < -0.4 is 0 Å². The predicted molar refractivity (Wildman–Crippen MR) is 140 cm³/mol. The Morgan fingerprint density at radius 2 is 1.89 bits per heavy atom. The van der Waals surface area contributed by atoms with Gasteiger partial charge in [0.25, 0.3) is 5.92 Å². The summed E-state index contributed by atoms with van der Waals surface area (Å²) in [5, 5.41) is 8.31. The van der Waals surface area contributed by atoms with Crippen molar-refractivity contribution in [2.24, 2.45) is 0 Å². The summed E-state index contributed by atoms with van der Waals surface area (Å²) in [7, 11) is 0. The Morgan fingerprint density at radius 1 is 0.974 bits per heavy atom. The molecular formula is C28H22F2N8. The van der Waals surface area contributed by atoms with Crippen molar-refractivity contribution in [1.82, 2.24) is 40.0 Å². The largest absolute Gasteiger partial charge is 0.337 e. The third-order valence-corrected chi connectivity index (χ3v) is 6.88. The van der Waals surface area contributed by atoms with Gasteiger partial charge in [-0.15, -0.1) is 0 Å². The van der Waals surface area contributed by atoms with E-state index in [0.717, 1.165) is 44.4 Å². The number of H-pyrrole nitrogens is 2. The molecule has 1 aliphatic heterocycles. The van der Waals surface area contributed by atoms with Gasteiger partial charge in [0.05, 0.1) is 28.7 Å². The van der Waals surface area contributed by atoms with Gasteiger partial charge in [-0.2, -0.15) is 5.10 Å². The molecular weight excluding hydrogens is 486 g/mol. The Hall–Kier alpha value is -4.57. The first-order chi connectivity index (χ1) is 18.5. The lowest BCUT2D eigenvalue weighted by atomic mass is 10.1. The molecule has 2 N–H and O–H groups in total. The zero-order valence-electron chi connectivity index (χ0n) is 20.2. The van der Waals surface area contributed by atoms with Crippen LogP contribution in [-0.2, 0) is 6.54 Å². The van der Waals surface area contributed by atoms with Crippen molar-refractivity contribution < 1.29 is 8.78 Å². The van der Waals surface area contributed by atoms with Gasteiger partial charge in [0, 0.05) is 61.0 Å². The van der Waals surface area contributed by atoms with Gasteiger partial charge in [0.1, 0.15) is 5.69 Å². The lowest BCUT2D eigenvalue weighted by molar-refractivity contribution is 0.0115. The molecule has 0 radical (unpaired) electrons. The molecule has 1 aliphatic rings. The first-order valence-corrected chi connectivity index (χ1v) is 12.3. The molecule has 10 heteroatoms. The number of rotatable bonds is 5. The lowest BCUT2D eigenvalue weighted by Crippen LogP contribution is -2.24. The molecule has 0 aliphatic carbocycles. The summed E-state index contributed by atoms with van der Waals surface area (Å²) in [4.78, 5) is 23.4. The molecule has 1 saturated heterocycles. The molecule has 188 valence electrons. The van der Waals surface area contributed by atoms with Crippen molar-refractivity contribution in [2.75, 3.05) is 13.1 Å². The van der Waals surface area contributed by atoms with Gasteiger partial charge in [-0.25, -0.2) is 18.7 Å². The second-order valence-electron chi connectivity index (χ2n) is 9.59. The number of imidazole rings is 1. The molecule has 7 rings (SSSR count). The van der Waals surface area contributed by atoms with E-state index in [9.17, 15) is 8.78 Å². The second kappa shape index (κ2) is 8.77. The van der Waals surface area contributed by atoms with Crippen molar-refractivity contribution in [3.8, 4) is 33.9 Å². The van der Waals surface area contributed by atoms with E-state index >= 15 is 0 Å². The minimum Gasteiger partial charge on any atom is -0.337 e. The van der Waals surface area contributed by atoms with E-state index in [0.29, 0.717) is 30.3 Å². The van der Waals surface area contributed by atoms with Crippen LogP contribution >= 0.6 is 0 Å². The number of nitrogens with one attached hydrogen (secondary N) is 2.